The van der Waals surface area contributed by atoms with Gasteiger partial charge in [-0.3, -0.25) is 0 Å². The molecule has 0 saturated heterocycles. The van der Waals surface area contributed by atoms with Gasteiger partial charge in [-0.25, -0.2) is 13.1 Å². The third-order valence-electron chi connectivity index (χ3n) is 3.20. The van der Waals surface area contributed by atoms with Crippen molar-refractivity contribution in [2.45, 2.75) is 24.7 Å². The fourth-order valence-corrected chi connectivity index (χ4v) is 3.91. The second kappa shape index (κ2) is 7.20. The number of halogens is 1. The molecule has 0 aliphatic rings. The van der Waals surface area contributed by atoms with Gasteiger partial charge < -0.3 is 0 Å². The smallest absolute Gasteiger partial charge is 0.211 e. The van der Waals surface area contributed by atoms with Crippen LogP contribution in [0.4, 0.5) is 0 Å². The summed E-state index contributed by atoms with van der Waals surface area (Å²) < 4.78 is 28.0. The first-order valence-electron chi connectivity index (χ1n) is 6.79. The van der Waals surface area contributed by atoms with Crippen molar-refractivity contribution in [3.05, 3.63) is 64.1 Å². The molecular formula is C16H18BrNO2S. The SMILES string of the molecule is Cc1cc(Br)ccc1S(=O)(=O)NCCCc1ccccc1. The molecule has 0 amide bonds. The van der Waals surface area contributed by atoms with E-state index in [4.69, 9.17) is 0 Å². The molecule has 0 heterocycles. The van der Waals surface area contributed by atoms with Crippen LogP contribution in [0.1, 0.15) is 17.5 Å². The van der Waals surface area contributed by atoms with Crippen LogP contribution in [0.25, 0.3) is 0 Å². The Morgan fingerprint density at radius 3 is 2.48 bits per heavy atom. The highest BCUT2D eigenvalue weighted by Crippen LogP contribution is 2.19. The van der Waals surface area contributed by atoms with Crippen molar-refractivity contribution in [2.24, 2.45) is 0 Å². The molecule has 0 atom stereocenters. The lowest BCUT2D eigenvalue weighted by atomic mass is 10.1. The van der Waals surface area contributed by atoms with E-state index in [2.05, 4.69) is 20.7 Å². The molecule has 0 aliphatic carbocycles. The molecule has 112 valence electrons. The van der Waals surface area contributed by atoms with E-state index in [9.17, 15) is 8.42 Å². The van der Waals surface area contributed by atoms with Gasteiger partial charge in [0, 0.05) is 11.0 Å². The van der Waals surface area contributed by atoms with Crippen LogP contribution in [0, 0.1) is 6.92 Å². The normalized spacial score (nSPS) is 11.5. The summed E-state index contributed by atoms with van der Waals surface area (Å²) in [6, 6.07) is 15.2. The Kier molecular flexibility index (Phi) is 5.56. The van der Waals surface area contributed by atoms with Crippen LogP contribution in [0.5, 0.6) is 0 Å². The van der Waals surface area contributed by atoms with Gasteiger partial charge in [0.1, 0.15) is 0 Å². The van der Waals surface area contributed by atoms with Crippen molar-refractivity contribution in [1.82, 2.24) is 4.72 Å². The van der Waals surface area contributed by atoms with Gasteiger partial charge >= 0.3 is 0 Å². The fraction of sp³-hybridized carbons (Fsp3) is 0.250. The predicted octanol–water partition coefficient (Wildman–Crippen LogP) is 3.67. The summed E-state index contributed by atoms with van der Waals surface area (Å²) in [6.07, 6.45) is 1.64. The maximum Gasteiger partial charge on any atom is 0.240 e. The van der Waals surface area contributed by atoms with E-state index in [-0.39, 0.29) is 0 Å². The van der Waals surface area contributed by atoms with Crippen molar-refractivity contribution in [2.75, 3.05) is 6.54 Å². The first-order valence-corrected chi connectivity index (χ1v) is 9.06. The molecule has 0 radical (unpaired) electrons. The number of nitrogens with one attached hydrogen (secondary N) is 1. The minimum absolute atomic E-state index is 0.338. The van der Waals surface area contributed by atoms with Crippen LogP contribution in [0.2, 0.25) is 0 Å². The second-order valence-corrected chi connectivity index (χ2v) is 7.55. The number of aryl methyl sites for hydroxylation is 2. The van der Waals surface area contributed by atoms with Crippen LogP contribution in [-0.4, -0.2) is 15.0 Å². The van der Waals surface area contributed by atoms with Crippen molar-refractivity contribution in [3.63, 3.8) is 0 Å². The van der Waals surface area contributed by atoms with Crippen LogP contribution in [-0.2, 0) is 16.4 Å². The molecule has 5 heteroatoms. The summed E-state index contributed by atoms with van der Waals surface area (Å²) in [4.78, 5) is 0.338. The quantitative estimate of drug-likeness (QED) is 0.791. The Labute approximate surface area is 134 Å². The van der Waals surface area contributed by atoms with Gasteiger partial charge in [0.25, 0.3) is 0 Å². The summed E-state index contributed by atoms with van der Waals surface area (Å²) >= 11 is 3.34. The van der Waals surface area contributed by atoms with Gasteiger partial charge in [-0.2, -0.15) is 0 Å². The maximum atomic E-state index is 12.2. The summed E-state index contributed by atoms with van der Waals surface area (Å²) in [5.41, 5.74) is 1.96. The first kappa shape index (κ1) is 16.2. The first-order chi connectivity index (χ1) is 9.99. The Hall–Kier alpha value is -1.17. The van der Waals surface area contributed by atoms with E-state index < -0.39 is 10.0 Å². The molecule has 0 aromatic heterocycles. The molecule has 0 aliphatic heterocycles. The average Bonchev–Trinajstić information content (AvgIpc) is 2.44. The van der Waals surface area contributed by atoms with Crippen LogP contribution in [0.15, 0.2) is 57.9 Å². The summed E-state index contributed by atoms with van der Waals surface area (Å²) in [5.74, 6) is 0. The molecular weight excluding hydrogens is 350 g/mol. The van der Waals surface area contributed by atoms with Gasteiger partial charge in [0.15, 0.2) is 0 Å². The Bertz CT molecular complexity index is 699. The summed E-state index contributed by atoms with van der Waals surface area (Å²) in [5, 5.41) is 0. The number of benzene rings is 2. The largest absolute Gasteiger partial charge is 0.240 e. The average molecular weight is 368 g/mol. The highest BCUT2D eigenvalue weighted by molar-refractivity contribution is 9.10. The molecule has 2 rings (SSSR count). The Morgan fingerprint density at radius 1 is 1.10 bits per heavy atom. The predicted molar refractivity (Wildman–Crippen MR) is 88.8 cm³/mol. The topological polar surface area (TPSA) is 46.2 Å². The van der Waals surface area contributed by atoms with E-state index in [1.54, 1.807) is 25.1 Å². The van der Waals surface area contributed by atoms with Crippen LogP contribution < -0.4 is 4.72 Å². The monoisotopic (exact) mass is 367 g/mol. The number of rotatable bonds is 6. The molecule has 3 nitrogen and oxygen atoms in total. The van der Waals surface area contributed by atoms with Crippen LogP contribution in [0.3, 0.4) is 0 Å². The lowest BCUT2D eigenvalue weighted by Gasteiger charge is -2.09. The molecule has 0 bridgehead atoms. The molecule has 1 N–H and O–H groups in total. The Balaban J connectivity index is 1.92. The van der Waals surface area contributed by atoms with Crippen molar-refractivity contribution in [3.8, 4) is 0 Å². The van der Waals surface area contributed by atoms with Gasteiger partial charge in [-0.1, -0.05) is 46.3 Å². The summed E-state index contributed by atoms with van der Waals surface area (Å²) in [7, 11) is -3.43. The Morgan fingerprint density at radius 2 is 1.81 bits per heavy atom. The number of hydrogen-bond acceptors (Lipinski definition) is 2. The highest BCUT2D eigenvalue weighted by Gasteiger charge is 2.15. The minimum Gasteiger partial charge on any atom is -0.211 e. The molecule has 21 heavy (non-hydrogen) atoms. The molecule has 0 fully saturated rings. The molecule has 2 aromatic carbocycles. The molecule has 0 spiro atoms. The van der Waals surface area contributed by atoms with Gasteiger partial charge in [-0.05, 0) is 49.1 Å². The fourth-order valence-electron chi connectivity index (χ4n) is 2.14. The minimum atomic E-state index is -3.43. The third kappa shape index (κ3) is 4.66. The zero-order chi connectivity index (χ0) is 15.3. The second-order valence-electron chi connectivity index (χ2n) is 4.90. The van der Waals surface area contributed by atoms with Crippen molar-refractivity contribution < 1.29 is 8.42 Å². The molecule has 0 unspecified atom stereocenters. The van der Waals surface area contributed by atoms with Crippen molar-refractivity contribution >= 4 is 26.0 Å². The van der Waals surface area contributed by atoms with E-state index >= 15 is 0 Å². The van der Waals surface area contributed by atoms with E-state index in [1.165, 1.54) is 5.56 Å². The lowest BCUT2D eigenvalue weighted by molar-refractivity contribution is 0.578. The lowest BCUT2D eigenvalue weighted by Crippen LogP contribution is -2.25. The van der Waals surface area contributed by atoms with E-state index in [0.717, 1.165) is 22.9 Å². The molecule has 2 aromatic rings. The zero-order valence-corrected chi connectivity index (χ0v) is 14.2. The van der Waals surface area contributed by atoms with Crippen molar-refractivity contribution in [1.29, 1.82) is 0 Å². The van der Waals surface area contributed by atoms with E-state index in [0.29, 0.717) is 11.4 Å². The number of hydrogen-bond donors (Lipinski definition) is 1. The van der Waals surface area contributed by atoms with Crippen LogP contribution >= 0.6 is 15.9 Å². The zero-order valence-electron chi connectivity index (χ0n) is 11.8. The van der Waals surface area contributed by atoms with Gasteiger partial charge in [0.05, 0.1) is 4.90 Å². The molecule has 0 saturated carbocycles. The standard InChI is InChI=1S/C16H18BrNO2S/c1-13-12-15(17)9-10-16(13)21(19,20)18-11-5-8-14-6-3-2-4-7-14/h2-4,6-7,9-10,12,18H,5,8,11H2,1H3. The van der Waals surface area contributed by atoms with E-state index in [1.807, 2.05) is 30.3 Å². The maximum absolute atomic E-state index is 12.2. The number of sulfonamides is 1. The highest BCUT2D eigenvalue weighted by atomic mass is 79.9. The summed E-state index contributed by atoms with van der Waals surface area (Å²) in [6.45, 7) is 2.23. The third-order valence-corrected chi connectivity index (χ3v) is 5.32. The van der Waals surface area contributed by atoms with Gasteiger partial charge in [-0.15, -0.1) is 0 Å². The van der Waals surface area contributed by atoms with Gasteiger partial charge in [0.2, 0.25) is 10.0 Å².